The third-order valence-electron chi connectivity index (χ3n) is 5.10. The van der Waals surface area contributed by atoms with Crippen LogP contribution in [0.15, 0.2) is 18.2 Å². The lowest BCUT2D eigenvalue weighted by Gasteiger charge is -2.20. The predicted molar refractivity (Wildman–Crippen MR) is 110 cm³/mol. The maximum absolute atomic E-state index is 12.0. The van der Waals surface area contributed by atoms with Crippen LogP contribution in [0.3, 0.4) is 0 Å². The Bertz CT molecular complexity index is 698. The molecule has 2 amide bonds. The lowest BCUT2D eigenvalue weighted by atomic mass is 9.89. The van der Waals surface area contributed by atoms with Crippen LogP contribution >= 0.6 is 0 Å². The topological polar surface area (TPSA) is 93.7 Å². The van der Waals surface area contributed by atoms with Crippen LogP contribution in [0.5, 0.6) is 11.5 Å². The van der Waals surface area contributed by atoms with Gasteiger partial charge in [-0.15, -0.1) is 0 Å². The number of carbonyl (C=O) groups is 3. The number of rotatable bonds is 11. The monoisotopic (exact) mass is 404 g/mol. The minimum absolute atomic E-state index is 0.0403. The number of methoxy groups -OCH3 is 1. The van der Waals surface area contributed by atoms with Gasteiger partial charge in [0.25, 0.3) is 0 Å². The Morgan fingerprint density at radius 2 is 1.76 bits per heavy atom. The summed E-state index contributed by atoms with van der Waals surface area (Å²) in [6, 6.07) is 5.03. The quantitative estimate of drug-likeness (QED) is 0.437. The third kappa shape index (κ3) is 7.75. The summed E-state index contributed by atoms with van der Waals surface area (Å²) in [5.41, 5.74) is 0.559. The average molecular weight is 405 g/mol. The van der Waals surface area contributed by atoms with Crippen LogP contribution < -0.4 is 20.1 Å². The Labute approximate surface area is 172 Å². The molecule has 0 unspecified atom stereocenters. The summed E-state index contributed by atoms with van der Waals surface area (Å²) in [7, 11) is 1.52. The molecule has 0 bridgehead atoms. The van der Waals surface area contributed by atoms with E-state index >= 15 is 0 Å². The zero-order chi connectivity index (χ0) is 21.1. The molecule has 29 heavy (non-hydrogen) atoms. The Morgan fingerprint density at radius 3 is 2.45 bits per heavy atom. The molecule has 1 fully saturated rings. The van der Waals surface area contributed by atoms with E-state index in [4.69, 9.17) is 9.47 Å². The first-order valence-corrected chi connectivity index (χ1v) is 10.4. The van der Waals surface area contributed by atoms with Crippen molar-refractivity contribution in [3.8, 4) is 11.5 Å². The van der Waals surface area contributed by atoms with Crippen molar-refractivity contribution < 1.29 is 23.9 Å². The van der Waals surface area contributed by atoms with Crippen LogP contribution in [0, 0.1) is 5.92 Å². The van der Waals surface area contributed by atoms with E-state index < -0.39 is 0 Å². The average Bonchev–Trinajstić information content (AvgIpc) is 2.74. The molecule has 0 saturated heterocycles. The van der Waals surface area contributed by atoms with Crippen LogP contribution in [-0.2, 0) is 9.59 Å². The van der Waals surface area contributed by atoms with Crippen molar-refractivity contribution in [1.82, 2.24) is 10.6 Å². The molecule has 1 saturated carbocycles. The van der Waals surface area contributed by atoms with Gasteiger partial charge in [0.05, 0.1) is 13.7 Å². The molecule has 1 aromatic rings. The number of nitrogens with one attached hydrogen (secondary N) is 2. The summed E-state index contributed by atoms with van der Waals surface area (Å²) in [6.07, 6.45) is 6.32. The SMILES string of the molecule is COc1cc(C(C)=O)ccc1OCCCC(=O)NCCNC(=O)C1CCCCC1. The van der Waals surface area contributed by atoms with Gasteiger partial charge >= 0.3 is 0 Å². The van der Waals surface area contributed by atoms with Crippen molar-refractivity contribution in [2.24, 2.45) is 5.92 Å². The molecular formula is C22H32N2O5. The Morgan fingerprint density at radius 1 is 1.03 bits per heavy atom. The first-order chi connectivity index (χ1) is 14.0. The molecule has 0 atom stereocenters. The molecule has 2 rings (SSSR count). The van der Waals surface area contributed by atoms with Gasteiger partial charge in [0.2, 0.25) is 11.8 Å². The van der Waals surface area contributed by atoms with Crippen LogP contribution in [0.2, 0.25) is 0 Å². The largest absolute Gasteiger partial charge is 0.493 e. The molecule has 2 N–H and O–H groups in total. The number of ketones is 1. The van der Waals surface area contributed by atoms with Gasteiger partial charge in [-0.25, -0.2) is 0 Å². The van der Waals surface area contributed by atoms with Gasteiger partial charge in [-0.1, -0.05) is 19.3 Å². The fraction of sp³-hybridized carbons (Fsp3) is 0.591. The Balaban J connectivity index is 1.59. The van der Waals surface area contributed by atoms with E-state index in [1.165, 1.54) is 20.5 Å². The molecule has 0 radical (unpaired) electrons. The third-order valence-corrected chi connectivity index (χ3v) is 5.10. The van der Waals surface area contributed by atoms with E-state index in [1.807, 2.05) is 0 Å². The minimum atomic E-state index is -0.0700. The number of hydrogen-bond acceptors (Lipinski definition) is 5. The zero-order valence-electron chi connectivity index (χ0n) is 17.4. The smallest absolute Gasteiger partial charge is 0.223 e. The van der Waals surface area contributed by atoms with Gasteiger partial charge in [0.15, 0.2) is 17.3 Å². The highest BCUT2D eigenvalue weighted by molar-refractivity contribution is 5.94. The second kappa shape index (κ2) is 12.1. The molecular weight excluding hydrogens is 372 g/mol. The molecule has 1 aliphatic rings. The number of ether oxygens (including phenoxy) is 2. The summed E-state index contributed by atoms with van der Waals surface area (Å²) >= 11 is 0. The lowest BCUT2D eigenvalue weighted by molar-refractivity contribution is -0.126. The normalized spacial score (nSPS) is 14.1. The van der Waals surface area contributed by atoms with Crippen LogP contribution in [-0.4, -0.2) is 44.4 Å². The zero-order valence-corrected chi connectivity index (χ0v) is 17.4. The van der Waals surface area contributed by atoms with E-state index in [0.717, 1.165) is 25.7 Å². The van der Waals surface area contributed by atoms with Crippen molar-refractivity contribution in [2.75, 3.05) is 26.8 Å². The van der Waals surface area contributed by atoms with Crippen molar-refractivity contribution in [1.29, 1.82) is 0 Å². The maximum atomic E-state index is 12.0. The van der Waals surface area contributed by atoms with E-state index in [9.17, 15) is 14.4 Å². The summed E-state index contributed by atoms with van der Waals surface area (Å²) in [4.78, 5) is 35.4. The van der Waals surface area contributed by atoms with Gasteiger partial charge in [0.1, 0.15) is 0 Å². The van der Waals surface area contributed by atoms with Gasteiger partial charge in [-0.05, 0) is 44.4 Å². The highest BCUT2D eigenvalue weighted by atomic mass is 16.5. The fourth-order valence-corrected chi connectivity index (χ4v) is 3.41. The molecule has 7 nitrogen and oxygen atoms in total. The molecule has 1 aliphatic carbocycles. The number of Topliss-reactive ketones (excluding diaryl/α,β-unsaturated/α-hetero) is 1. The van der Waals surface area contributed by atoms with Gasteiger partial charge < -0.3 is 20.1 Å². The summed E-state index contributed by atoms with van der Waals surface area (Å²) < 4.78 is 10.9. The fourth-order valence-electron chi connectivity index (χ4n) is 3.41. The summed E-state index contributed by atoms with van der Waals surface area (Å²) in [5.74, 6) is 1.18. The number of amides is 2. The second-order valence-electron chi connectivity index (χ2n) is 7.35. The van der Waals surface area contributed by atoms with Gasteiger partial charge in [0, 0.05) is 31.0 Å². The van der Waals surface area contributed by atoms with Gasteiger partial charge in [-0.2, -0.15) is 0 Å². The molecule has 0 heterocycles. The van der Waals surface area contributed by atoms with Gasteiger partial charge in [-0.3, -0.25) is 14.4 Å². The molecule has 0 aliphatic heterocycles. The molecule has 1 aromatic carbocycles. The summed E-state index contributed by atoms with van der Waals surface area (Å²) in [6.45, 7) is 2.74. The maximum Gasteiger partial charge on any atom is 0.223 e. The first-order valence-electron chi connectivity index (χ1n) is 10.4. The van der Waals surface area contributed by atoms with E-state index in [2.05, 4.69) is 10.6 Å². The molecule has 7 heteroatoms. The molecule has 0 spiro atoms. The van der Waals surface area contributed by atoms with Crippen LogP contribution in [0.1, 0.15) is 62.2 Å². The highest BCUT2D eigenvalue weighted by Gasteiger charge is 2.20. The summed E-state index contributed by atoms with van der Waals surface area (Å²) in [5, 5.41) is 5.72. The Kier molecular flexibility index (Phi) is 9.47. The highest BCUT2D eigenvalue weighted by Crippen LogP contribution is 2.28. The van der Waals surface area contributed by atoms with Crippen LogP contribution in [0.25, 0.3) is 0 Å². The Hall–Kier alpha value is -2.57. The minimum Gasteiger partial charge on any atom is -0.493 e. The number of carbonyl (C=O) groups excluding carboxylic acids is 3. The molecule has 0 aromatic heterocycles. The van der Waals surface area contributed by atoms with Crippen molar-refractivity contribution in [3.05, 3.63) is 23.8 Å². The molecule has 160 valence electrons. The number of benzene rings is 1. The number of hydrogen-bond donors (Lipinski definition) is 2. The lowest BCUT2D eigenvalue weighted by Crippen LogP contribution is -2.38. The van der Waals surface area contributed by atoms with E-state index in [-0.39, 0.29) is 23.5 Å². The van der Waals surface area contributed by atoms with Crippen molar-refractivity contribution >= 4 is 17.6 Å². The van der Waals surface area contributed by atoms with E-state index in [0.29, 0.717) is 49.6 Å². The predicted octanol–water partition coefficient (Wildman–Crippen LogP) is 2.87. The second-order valence-corrected chi connectivity index (χ2v) is 7.35. The first kappa shape index (κ1) is 22.7. The van der Waals surface area contributed by atoms with Crippen molar-refractivity contribution in [2.45, 2.75) is 51.9 Å². The standard InChI is InChI=1S/C22H32N2O5/c1-16(25)18-10-11-19(20(15-18)28-2)29-14-6-9-21(26)23-12-13-24-22(27)17-7-4-3-5-8-17/h10-11,15,17H,3-9,12-14H2,1-2H3,(H,23,26)(H,24,27). The van der Waals surface area contributed by atoms with E-state index in [1.54, 1.807) is 18.2 Å². The van der Waals surface area contributed by atoms with Crippen LogP contribution in [0.4, 0.5) is 0 Å². The van der Waals surface area contributed by atoms with Crippen molar-refractivity contribution in [3.63, 3.8) is 0 Å².